The van der Waals surface area contributed by atoms with Crippen LogP contribution in [0.4, 0.5) is 5.69 Å². The molecule has 8 aromatic carbocycles. The van der Waals surface area contributed by atoms with Gasteiger partial charge in [0.25, 0.3) is 5.24 Å². The number of nitrogens with two attached hydrogens (primary N) is 1. The second-order valence-electron chi connectivity index (χ2n) is 14.6. The van der Waals surface area contributed by atoms with E-state index in [1.165, 1.54) is 0 Å². The number of halogens is 1. The molecule has 0 atom stereocenters. The molecular formula is C56H52ClNO8. The highest BCUT2D eigenvalue weighted by atomic mass is 35.5. The molecule has 0 heterocycles. The van der Waals surface area contributed by atoms with Crippen LogP contribution in [0.2, 0.25) is 0 Å². The molecule has 336 valence electrons. The average molecular weight is 902 g/mol. The first-order chi connectivity index (χ1) is 31.5. The minimum absolute atomic E-state index is 0. The van der Waals surface area contributed by atoms with Gasteiger partial charge in [0, 0.05) is 34.4 Å². The highest BCUT2D eigenvalue weighted by Gasteiger charge is 2.14. The summed E-state index contributed by atoms with van der Waals surface area (Å²) < 4.78 is 21.4. The molecule has 10 heteroatoms. The molecule has 0 unspecified atom stereocenters. The summed E-state index contributed by atoms with van der Waals surface area (Å²) in [6.07, 6.45) is 0.305. The van der Waals surface area contributed by atoms with Crippen molar-refractivity contribution in [3.63, 3.8) is 0 Å². The quantitative estimate of drug-likeness (QED) is 0.0621. The van der Waals surface area contributed by atoms with Crippen LogP contribution in [0, 0.1) is 0 Å². The zero-order valence-corrected chi connectivity index (χ0v) is 37.1. The minimum atomic E-state index is -0.494. The molecule has 9 nitrogen and oxygen atoms in total. The standard InChI is InChI=1S/C28H24O4.C15H13ClO3.C12H11NO.CH4/c1-31-25-5-3-4-22(17-25)26-18-23(12-15-28(26)32-2)27(30)16-19-6-8-20(9-7-19)21-10-13-24(29)14-11-21;1-18-12-5-3-4-10(8-12)13-9-11(15(16)17)6-7-14(13)19-2;13-11-5-1-9(2-6-11)10-3-7-12(14)8-4-10;/h3-15,17-18,29H,16H2,1-2H3;3-9H,1-2H3;1-8,14H,13H2;1H4. The topological polar surface area (TPSA) is 138 Å². The van der Waals surface area contributed by atoms with Crippen LogP contribution in [0.25, 0.3) is 44.5 Å². The van der Waals surface area contributed by atoms with Crippen LogP contribution in [-0.4, -0.2) is 49.7 Å². The Kier molecular flexibility index (Phi) is 17.5. The summed E-state index contributed by atoms with van der Waals surface area (Å²) in [5.41, 5.74) is 16.0. The van der Waals surface area contributed by atoms with Crippen molar-refractivity contribution >= 4 is 28.3 Å². The molecule has 0 radical (unpaired) electrons. The van der Waals surface area contributed by atoms with Gasteiger partial charge in [0.15, 0.2) is 5.78 Å². The molecule has 0 aromatic heterocycles. The van der Waals surface area contributed by atoms with Crippen molar-refractivity contribution < 1.29 is 38.7 Å². The molecule has 0 aliphatic rings. The molecule has 8 rings (SSSR count). The van der Waals surface area contributed by atoms with E-state index in [0.29, 0.717) is 29.0 Å². The Labute approximate surface area is 391 Å². The Bertz CT molecular complexity index is 2800. The number of phenols is 2. The number of methoxy groups -OCH3 is 4. The van der Waals surface area contributed by atoms with E-state index < -0.39 is 5.24 Å². The number of rotatable bonds is 12. The predicted molar refractivity (Wildman–Crippen MR) is 266 cm³/mol. The fourth-order valence-electron chi connectivity index (χ4n) is 6.83. The van der Waals surface area contributed by atoms with Crippen molar-refractivity contribution in [3.05, 3.63) is 199 Å². The largest absolute Gasteiger partial charge is 0.508 e. The Morgan fingerprint density at radius 2 is 0.864 bits per heavy atom. The molecule has 0 saturated carbocycles. The van der Waals surface area contributed by atoms with E-state index in [2.05, 4.69) is 0 Å². The summed E-state index contributed by atoms with van der Waals surface area (Å²) in [7, 11) is 6.44. The molecule has 0 amide bonds. The van der Waals surface area contributed by atoms with Gasteiger partial charge in [-0.15, -0.1) is 0 Å². The molecule has 0 saturated heterocycles. The lowest BCUT2D eigenvalue weighted by molar-refractivity contribution is 0.0992. The summed E-state index contributed by atoms with van der Waals surface area (Å²) in [5.74, 6) is 3.42. The van der Waals surface area contributed by atoms with Crippen molar-refractivity contribution in [2.45, 2.75) is 13.8 Å². The van der Waals surface area contributed by atoms with Crippen LogP contribution in [0.5, 0.6) is 34.5 Å². The Balaban J connectivity index is 0.000000203. The SMILES string of the molecule is C.COc1cccc(-c2cc(C(=O)Cc3ccc(-c4ccc(O)cc4)cc3)ccc2OC)c1.COc1cccc(-c2cc(C(=O)Cl)ccc2OC)c1.Nc1ccc(-c2ccc(O)cc2)cc1. The second-order valence-corrected chi connectivity index (χ2v) is 14.9. The molecular weight excluding hydrogens is 850 g/mol. The molecule has 4 N–H and O–H groups in total. The van der Waals surface area contributed by atoms with Gasteiger partial charge in [-0.05, 0) is 148 Å². The maximum Gasteiger partial charge on any atom is 0.252 e. The van der Waals surface area contributed by atoms with E-state index in [-0.39, 0.29) is 24.7 Å². The first-order valence-corrected chi connectivity index (χ1v) is 20.8. The van der Waals surface area contributed by atoms with Crippen molar-refractivity contribution in [2.24, 2.45) is 0 Å². The number of benzene rings is 8. The van der Waals surface area contributed by atoms with Gasteiger partial charge < -0.3 is 34.9 Å². The van der Waals surface area contributed by atoms with Crippen molar-refractivity contribution in [3.8, 4) is 79.0 Å². The predicted octanol–water partition coefficient (Wildman–Crippen LogP) is 13.2. The number of Topliss-reactive ketones (excluding diaryl/α,β-unsaturated/α-hetero) is 1. The van der Waals surface area contributed by atoms with E-state index in [1.807, 2.05) is 133 Å². The maximum atomic E-state index is 13.0. The van der Waals surface area contributed by atoms with Crippen LogP contribution in [0.15, 0.2) is 182 Å². The van der Waals surface area contributed by atoms with Crippen molar-refractivity contribution in [1.29, 1.82) is 0 Å². The number of aromatic hydroxyl groups is 2. The fraction of sp³-hybridized carbons (Fsp3) is 0.107. The van der Waals surface area contributed by atoms with Crippen molar-refractivity contribution in [2.75, 3.05) is 34.2 Å². The molecule has 0 fully saturated rings. The molecule has 0 bridgehead atoms. The number of ether oxygens (including phenoxy) is 4. The van der Waals surface area contributed by atoms with Crippen LogP contribution in [-0.2, 0) is 6.42 Å². The van der Waals surface area contributed by atoms with Gasteiger partial charge in [-0.2, -0.15) is 0 Å². The molecule has 0 aliphatic heterocycles. The van der Waals surface area contributed by atoms with Gasteiger partial charge in [-0.25, -0.2) is 0 Å². The van der Waals surface area contributed by atoms with Crippen LogP contribution in [0.1, 0.15) is 33.7 Å². The van der Waals surface area contributed by atoms with Gasteiger partial charge in [0.2, 0.25) is 0 Å². The lowest BCUT2D eigenvalue weighted by Gasteiger charge is -2.12. The summed E-state index contributed by atoms with van der Waals surface area (Å²) in [6, 6.07) is 55.5. The van der Waals surface area contributed by atoms with E-state index in [9.17, 15) is 14.7 Å². The van der Waals surface area contributed by atoms with Gasteiger partial charge in [-0.1, -0.05) is 92.4 Å². The number of anilines is 1. The van der Waals surface area contributed by atoms with Gasteiger partial charge in [0.05, 0.1) is 28.4 Å². The molecule has 0 aliphatic carbocycles. The Hall–Kier alpha value is -8.01. The Morgan fingerprint density at radius 1 is 0.470 bits per heavy atom. The van der Waals surface area contributed by atoms with E-state index >= 15 is 0 Å². The fourth-order valence-corrected chi connectivity index (χ4v) is 6.95. The van der Waals surface area contributed by atoms with E-state index in [4.69, 9.17) is 41.4 Å². The number of nitrogen functional groups attached to an aromatic ring is 1. The highest BCUT2D eigenvalue weighted by Crippen LogP contribution is 2.35. The first kappa shape index (κ1) is 49.0. The second kappa shape index (κ2) is 23.6. The zero-order chi connectivity index (χ0) is 46.3. The van der Waals surface area contributed by atoms with Gasteiger partial charge in [-0.3, -0.25) is 9.59 Å². The van der Waals surface area contributed by atoms with Gasteiger partial charge >= 0.3 is 0 Å². The summed E-state index contributed by atoms with van der Waals surface area (Å²) in [6.45, 7) is 0. The maximum absolute atomic E-state index is 13.0. The molecule has 8 aromatic rings. The Morgan fingerprint density at radius 3 is 1.27 bits per heavy atom. The van der Waals surface area contributed by atoms with Crippen LogP contribution < -0.4 is 24.7 Å². The zero-order valence-electron chi connectivity index (χ0n) is 36.3. The lowest BCUT2D eigenvalue weighted by atomic mass is 9.96. The third-order valence-corrected chi connectivity index (χ3v) is 10.6. The average Bonchev–Trinajstić information content (AvgIpc) is 3.35. The van der Waals surface area contributed by atoms with Crippen LogP contribution >= 0.6 is 11.6 Å². The third kappa shape index (κ3) is 13.0. The first-order valence-electron chi connectivity index (χ1n) is 20.4. The van der Waals surface area contributed by atoms with E-state index in [1.54, 1.807) is 77.0 Å². The third-order valence-electron chi connectivity index (χ3n) is 10.3. The highest BCUT2D eigenvalue weighted by molar-refractivity contribution is 6.67. The minimum Gasteiger partial charge on any atom is -0.508 e. The number of ketones is 1. The number of carbonyl (C=O) groups is 2. The van der Waals surface area contributed by atoms with Crippen molar-refractivity contribution in [1.82, 2.24) is 0 Å². The van der Waals surface area contributed by atoms with E-state index in [0.717, 1.165) is 67.3 Å². The van der Waals surface area contributed by atoms with Crippen LogP contribution in [0.3, 0.4) is 0 Å². The number of hydrogen-bond donors (Lipinski definition) is 3. The lowest BCUT2D eigenvalue weighted by Crippen LogP contribution is -2.04. The number of hydrogen-bond acceptors (Lipinski definition) is 9. The summed E-state index contributed by atoms with van der Waals surface area (Å²) in [5, 5.41) is 18.1. The molecule has 66 heavy (non-hydrogen) atoms. The monoisotopic (exact) mass is 901 g/mol. The number of phenolic OH excluding ortho intramolecular Hbond substituents is 2. The summed E-state index contributed by atoms with van der Waals surface area (Å²) in [4.78, 5) is 24.3. The normalized spacial score (nSPS) is 10.1. The molecule has 0 spiro atoms. The van der Waals surface area contributed by atoms with Gasteiger partial charge in [0.1, 0.15) is 34.5 Å². The smallest absolute Gasteiger partial charge is 0.252 e. The summed E-state index contributed by atoms with van der Waals surface area (Å²) >= 11 is 5.51. The number of carbonyl (C=O) groups excluding carboxylic acids is 2.